The van der Waals surface area contributed by atoms with Gasteiger partial charge in [-0.3, -0.25) is 9.78 Å². The summed E-state index contributed by atoms with van der Waals surface area (Å²) in [6.07, 6.45) is 2.80. The van der Waals surface area contributed by atoms with Gasteiger partial charge in [-0.1, -0.05) is 18.2 Å². The molecule has 0 N–H and O–H groups in total. The van der Waals surface area contributed by atoms with Crippen molar-refractivity contribution in [3.63, 3.8) is 0 Å². The predicted molar refractivity (Wildman–Crippen MR) is 95.0 cm³/mol. The third-order valence-corrected chi connectivity index (χ3v) is 4.31. The van der Waals surface area contributed by atoms with Crippen LogP contribution in [0.4, 0.5) is 0 Å². The lowest BCUT2D eigenvalue weighted by Gasteiger charge is -2.21. The zero-order valence-corrected chi connectivity index (χ0v) is 14.6. The van der Waals surface area contributed by atoms with Crippen LogP contribution in [0.2, 0.25) is 0 Å². The lowest BCUT2D eigenvalue weighted by molar-refractivity contribution is -0.130. The van der Waals surface area contributed by atoms with Gasteiger partial charge in [0.15, 0.2) is 0 Å². The second kappa shape index (κ2) is 8.62. The Hall–Kier alpha value is -2.40. The smallest absolute Gasteiger partial charge is 0.220 e. The molecule has 0 spiro atoms. The maximum absolute atomic E-state index is 12.0. The average Bonchev–Trinajstić information content (AvgIpc) is 3.14. The quantitative estimate of drug-likeness (QED) is 0.777. The minimum absolute atomic E-state index is 0.0279. The molecular weight excluding hydrogens is 316 g/mol. The summed E-state index contributed by atoms with van der Waals surface area (Å²) in [7, 11) is 0. The van der Waals surface area contributed by atoms with E-state index in [1.54, 1.807) is 18.0 Å². The molecule has 0 bridgehead atoms. The van der Waals surface area contributed by atoms with Crippen LogP contribution in [-0.4, -0.2) is 35.6 Å². The summed E-state index contributed by atoms with van der Waals surface area (Å²) in [6, 6.07) is 13.7. The monoisotopic (exact) mass is 340 g/mol. The van der Waals surface area contributed by atoms with Crippen LogP contribution >= 0.6 is 0 Å². The number of rotatable bonds is 7. The molecule has 0 radical (unpaired) electrons. The highest BCUT2D eigenvalue weighted by molar-refractivity contribution is 5.73. The van der Waals surface area contributed by atoms with Gasteiger partial charge < -0.3 is 14.4 Å². The van der Waals surface area contributed by atoms with Gasteiger partial charge in [-0.15, -0.1) is 0 Å². The number of aromatic nitrogens is 1. The van der Waals surface area contributed by atoms with Crippen molar-refractivity contribution in [3.8, 4) is 5.75 Å². The fourth-order valence-electron chi connectivity index (χ4n) is 2.85. The molecule has 25 heavy (non-hydrogen) atoms. The number of carbonyl (C=O) groups is 1. The zero-order valence-electron chi connectivity index (χ0n) is 14.6. The van der Waals surface area contributed by atoms with E-state index in [-0.39, 0.29) is 5.91 Å². The van der Waals surface area contributed by atoms with Gasteiger partial charge in [-0.2, -0.15) is 0 Å². The van der Waals surface area contributed by atoms with Crippen molar-refractivity contribution in [1.82, 2.24) is 9.88 Å². The lowest BCUT2D eigenvalue weighted by atomic mass is 10.1. The predicted octanol–water partition coefficient (Wildman–Crippen LogP) is 3.05. The molecule has 1 amide bonds. The van der Waals surface area contributed by atoms with Gasteiger partial charge in [0.1, 0.15) is 5.75 Å². The lowest BCUT2D eigenvalue weighted by Crippen LogP contribution is -2.28. The third-order valence-electron chi connectivity index (χ3n) is 4.31. The normalized spacial score (nSPS) is 16.6. The Bertz CT molecular complexity index is 684. The van der Waals surface area contributed by atoms with E-state index in [1.165, 1.54) is 0 Å². The molecule has 1 atom stereocenters. The van der Waals surface area contributed by atoms with Crippen LogP contribution in [0.25, 0.3) is 0 Å². The molecule has 3 rings (SSSR count). The van der Waals surface area contributed by atoms with E-state index < -0.39 is 0 Å². The van der Waals surface area contributed by atoms with Crippen LogP contribution in [0.1, 0.15) is 24.6 Å². The minimum Gasteiger partial charge on any atom is -0.493 e. The van der Waals surface area contributed by atoms with Crippen LogP contribution < -0.4 is 4.74 Å². The number of carbonyl (C=O) groups excluding carboxylic acids is 1. The summed E-state index contributed by atoms with van der Waals surface area (Å²) in [6.45, 7) is 4.91. The standard InChI is InChI=1S/C20H24N2O3/c1-16(23)22(13-19-6-2-3-9-21-19)12-17-5-4-7-20(11-17)25-15-18-8-10-24-14-18/h2-7,9,11,18H,8,10,12-15H2,1H3. The molecule has 5 nitrogen and oxygen atoms in total. The van der Waals surface area contributed by atoms with Crippen LogP contribution in [0.5, 0.6) is 5.75 Å². The molecule has 2 heterocycles. The van der Waals surface area contributed by atoms with Crippen LogP contribution in [0.3, 0.4) is 0 Å². The summed E-state index contributed by atoms with van der Waals surface area (Å²) in [4.78, 5) is 18.1. The number of hydrogen-bond donors (Lipinski definition) is 0. The second-order valence-corrected chi connectivity index (χ2v) is 6.38. The van der Waals surface area contributed by atoms with Gasteiger partial charge in [0.25, 0.3) is 0 Å². The maximum Gasteiger partial charge on any atom is 0.220 e. The number of amides is 1. The van der Waals surface area contributed by atoms with E-state index >= 15 is 0 Å². The molecule has 1 saturated heterocycles. The molecule has 1 aliphatic rings. The van der Waals surface area contributed by atoms with Crippen LogP contribution in [0, 0.1) is 5.92 Å². The Kier molecular flexibility index (Phi) is 6.01. The number of hydrogen-bond acceptors (Lipinski definition) is 4. The molecule has 5 heteroatoms. The SMILES string of the molecule is CC(=O)N(Cc1cccc(OCC2CCOC2)c1)Cc1ccccn1. The van der Waals surface area contributed by atoms with Crippen LogP contribution in [0.15, 0.2) is 48.7 Å². The Morgan fingerprint density at radius 2 is 2.20 bits per heavy atom. The summed E-state index contributed by atoms with van der Waals surface area (Å²) >= 11 is 0. The molecule has 2 aromatic rings. The van der Waals surface area contributed by atoms with Gasteiger partial charge in [-0.25, -0.2) is 0 Å². The fourth-order valence-corrected chi connectivity index (χ4v) is 2.85. The molecule has 132 valence electrons. The minimum atomic E-state index is 0.0279. The molecular formula is C20H24N2O3. The Balaban J connectivity index is 1.61. The van der Waals surface area contributed by atoms with Crippen molar-refractivity contribution in [1.29, 1.82) is 0 Å². The first-order chi connectivity index (χ1) is 12.2. The summed E-state index contributed by atoms with van der Waals surface area (Å²) < 4.78 is 11.3. The summed E-state index contributed by atoms with van der Waals surface area (Å²) in [5, 5.41) is 0. The zero-order chi connectivity index (χ0) is 17.5. The first-order valence-electron chi connectivity index (χ1n) is 8.65. The van der Waals surface area contributed by atoms with Gasteiger partial charge in [0, 0.05) is 32.2 Å². The van der Waals surface area contributed by atoms with E-state index in [0.29, 0.717) is 25.6 Å². The Morgan fingerprint density at radius 1 is 1.28 bits per heavy atom. The van der Waals surface area contributed by atoms with E-state index in [4.69, 9.17) is 9.47 Å². The van der Waals surface area contributed by atoms with E-state index in [9.17, 15) is 4.79 Å². The van der Waals surface area contributed by atoms with Gasteiger partial charge >= 0.3 is 0 Å². The summed E-state index contributed by atoms with van der Waals surface area (Å²) in [5.74, 6) is 1.34. The van der Waals surface area contributed by atoms with Crippen LogP contribution in [-0.2, 0) is 22.6 Å². The maximum atomic E-state index is 12.0. The van der Waals surface area contributed by atoms with Gasteiger partial charge in [0.2, 0.25) is 5.91 Å². The van der Waals surface area contributed by atoms with Crippen molar-refractivity contribution in [3.05, 3.63) is 59.9 Å². The molecule has 1 aromatic carbocycles. The average molecular weight is 340 g/mol. The van der Waals surface area contributed by atoms with Crippen molar-refractivity contribution < 1.29 is 14.3 Å². The Morgan fingerprint density at radius 3 is 2.92 bits per heavy atom. The van der Waals surface area contributed by atoms with E-state index in [2.05, 4.69) is 4.98 Å². The molecule has 0 saturated carbocycles. The number of ether oxygens (including phenoxy) is 2. The third kappa shape index (κ3) is 5.29. The van der Waals surface area contributed by atoms with Crippen molar-refractivity contribution in [2.24, 2.45) is 5.92 Å². The first-order valence-corrected chi connectivity index (χ1v) is 8.65. The van der Waals surface area contributed by atoms with Gasteiger partial charge in [-0.05, 0) is 36.2 Å². The molecule has 1 unspecified atom stereocenters. The van der Waals surface area contributed by atoms with Crippen molar-refractivity contribution in [2.45, 2.75) is 26.4 Å². The largest absolute Gasteiger partial charge is 0.493 e. The summed E-state index contributed by atoms with van der Waals surface area (Å²) in [5.41, 5.74) is 1.93. The van der Waals surface area contributed by atoms with Crippen molar-refractivity contribution in [2.75, 3.05) is 19.8 Å². The highest BCUT2D eigenvalue weighted by atomic mass is 16.5. The fraction of sp³-hybridized carbons (Fsp3) is 0.400. The molecule has 1 aromatic heterocycles. The number of benzene rings is 1. The highest BCUT2D eigenvalue weighted by Crippen LogP contribution is 2.19. The first kappa shape index (κ1) is 17.4. The molecule has 0 aliphatic carbocycles. The van der Waals surface area contributed by atoms with E-state index in [1.807, 2.05) is 42.5 Å². The topological polar surface area (TPSA) is 51.7 Å². The van der Waals surface area contributed by atoms with Gasteiger partial charge in [0.05, 0.1) is 25.5 Å². The Labute approximate surface area is 148 Å². The highest BCUT2D eigenvalue weighted by Gasteiger charge is 2.16. The number of nitrogens with zero attached hydrogens (tertiary/aromatic N) is 2. The molecule has 1 aliphatic heterocycles. The second-order valence-electron chi connectivity index (χ2n) is 6.38. The van der Waals surface area contributed by atoms with E-state index in [0.717, 1.165) is 36.6 Å². The molecule has 1 fully saturated rings. The van der Waals surface area contributed by atoms with Crippen molar-refractivity contribution >= 4 is 5.91 Å². The number of pyridine rings is 1.